The molecule has 124 valence electrons. The second-order valence-corrected chi connectivity index (χ2v) is 9.33. The van der Waals surface area contributed by atoms with E-state index >= 15 is 0 Å². The molecule has 0 bridgehead atoms. The number of primary sulfonamides is 1. The molecule has 0 heterocycles. The third-order valence-corrected chi connectivity index (χ3v) is 5.21. The molecule has 0 spiro atoms. The van der Waals surface area contributed by atoms with Gasteiger partial charge in [0.15, 0.2) is 0 Å². The van der Waals surface area contributed by atoms with Crippen molar-refractivity contribution in [1.29, 1.82) is 0 Å². The number of rotatable bonds is 5. The highest BCUT2D eigenvalue weighted by Crippen LogP contribution is 2.24. The highest BCUT2D eigenvalue weighted by atomic mass is 32.2. The van der Waals surface area contributed by atoms with Crippen molar-refractivity contribution in [3.63, 3.8) is 0 Å². The number of sulfonamides is 1. The molecule has 1 aromatic rings. The molecule has 2 N–H and O–H groups in total. The second-order valence-electron chi connectivity index (χ2n) is 5.90. The minimum atomic E-state index is -3.88. The Hall–Kier alpha value is -1.25. The van der Waals surface area contributed by atoms with Crippen LogP contribution in [0.5, 0.6) is 5.75 Å². The summed E-state index contributed by atoms with van der Waals surface area (Å²) in [6, 6.07) is 4.73. The third-order valence-electron chi connectivity index (χ3n) is 2.76. The first kappa shape index (κ1) is 18.8. The molecule has 6 nitrogen and oxygen atoms in total. The Labute approximate surface area is 134 Å². The smallest absolute Gasteiger partial charge is 0.241 e. The quantitative estimate of drug-likeness (QED) is 0.822. The Morgan fingerprint density at radius 3 is 2.41 bits per heavy atom. The molecule has 1 aromatic carbocycles. The maximum absolute atomic E-state index is 12.0. The van der Waals surface area contributed by atoms with E-state index in [1.54, 1.807) is 19.1 Å². The van der Waals surface area contributed by atoms with Crippen LogP contribution in [-0.4, -0.2) is 30.2 Å². The monoisotopic (exact) mass is 346 g/mol. The lowest BCUT2D eigenvalue weighted by molar-refractivity contribution is 0.402. The largest absolute Gasteiger partial charge is 0.495 e. The zero-order valence-corrected chi connectivity index (χ0v) is 15.0. The van der Waals surface area contributed by atoms with Gasteiger partial charge in [0.25, 0.3) is 0 Å². The van der Waals surface area contributed by atoms with Crippen molar-refractivity contribution in [2.24, 2.45) is 9.54 Å². The molecular formula is C14H22N2O4S2. The van der Waals surface area contributed by atoms with Gasteiger partial charge in [0.1, 0.15) is 21.6 Å². The van der Waals surface area contributed by atoms with Gasteiger partial charge in [0, 0.05) is 12.1 Å². The number of methoxy groups -OCH3 is 1. The van der Waals surface area contributed by atoms with Crippen LogP contribution in [0.25, 0.3) is 0 Å². The van der Waals surface area contributed by atoms with E-state index in [0.717, 1.165) is 0 Å². The zero-order chi connectivity index (χ0) is 17.1. The number of nitrogens with two attached hydrogens (primary N) is 1. The molecular weight excluding hydrogens is 324 g/mol. The highest BCUT2D eigenvalue weighted by Gasteiger charge is 2.19. The molecule has 0 fully saturated rings. The summed E-state index contributed by atoms with van der Waals surface area (Å²) >= 11 is 0. The SMILES string of the molecule is COc1ccc(C/C(C)=N/[S@](=O)C(C)(C)C)cc1S(N)(=O)=O. The van der Waals surface area contributed by atoms with Gasteiger partial charge in [-0.2, -0.15) is 4.40 Å². The van der Waals surface area contributed by atoms with Crippen LogP contribution in [0.3, 0.4) is 0 Å². The molecule has 0 amide bonds. The van der Waals surface area contributed by atoms with Crippen LogP contribution in [0.15, 0.2) is 27.5 Å². The van der Waals surface area contributed by atoms with Crippen molar-refractivity contribution >= 4 is 26.7 Å². The first-order valence-corrected chi connectivity index (χ1v) is 9.26. The number of ether oxygens (including phenoxy) is 1. The molecule has 0 aliphatic rings. The van der Waals surface area contributed by atoms with Crippen LogP contribution < -0.4 is 9.88 Å². The highest BCUT2D eigenvalue weighted by molar-refractivity contribution is 7.89. The summed E-state index contributed by atoms with van der Waals surface area (Å²) in [6.07, 6.45) is 0.383. The van der Waals surface area contributed by atoms with E-state index in [-0.39, 0.29) is 10.6 Å². The van der Waals surface area contributed by atoms with Crippen molar-refractivity contribution in [1.82, 2.24) is 0 Å². The number of nitrogens with zero attached hydrogens (tertiary/aromatic N) is 1. The van der Waals surface area contributed by atoms with Crippen molar-refractivity contribution in [3.8, 4) is 5.75 Å². The number of hydrogen-bond acceptors (Lipinski definition) is 4. The standard InChI is InChI=1S/C14H22N2O4S2/c1-10(16-21(17)14(2,3)4)8-11-6-7-12(20-5)13(9-11)22(15,18)19/h6-7,9H,8H2,1-5H3,(H2,15,18,19)/b16-10+/t21-/m1/s1. The number of hydrogen-bond donors (Lipinski definition) is 1. The van der Waals surface area contributed by atoms with Crippen LogP contribution >= 0.6 is 0 Å². The Balaban J connectivity index is 3.10. The molecule has 1 rings (SSSR count). The lowest BCUT2D eigenvalue weighted by Gasteiger charge is -2.14. The van der Waals surface area contributed by atoms with Crippen molar-refractivity contribution < 1.29 is 17.4 Å². The summed E-state index contributed by atoms with van der Waals surface area (Å²) in [4.78, 5) is -0.0720. The summed E-state index contributed by atoms with van der Waals surface area (Å²) in [5.74, 6) is 0.194. The molecule has 1 atom stereocenters. The molecule has 0 saturated heterocycles. The fourth-order valence-electron chi connectivity index (χ4n) is 1.66. The average Bonchev–Trinajstić information content (AvgIpc) is 2.36. The topological polar surface area (TPSA) is 98.8 Å². The van der Waals surface area contributed by atoms with Gasteiger partial charge in [-0.15, -0.1) is 0 Å². The fourth-order valence-corrected chi connectivity index (χ4v) is 3.03. The predicted molar refractivity (Wildman–Crippen MR) is 89.1 cm³/mol. The average molecular weight is 346 g/mol. The van der Waals surface area contributed by atoms with Crippen molar-refractivity contribution in [2.45, 2.75) is 43.8 Å². The minimum Gasteiger partial charge on any atom is -0.495 e. The van der Waals surface area contributed by atoms with Crippen LogP contribution in [0.2, 0.25) is 0 Å². The van der Waals surface area contributed by atoms with E-state index in [1.807, 2.05) is 20.8 Å². The Bertz CT molecular complexity index is 704. The lowest BCUT2D eigenvalue weighted by Crippen LogP contribution is -2.21. The molecule has 0 aliphatic carbocycles. The van der Waals surface area contributed by atoms with Gasteiger partial charge in [0.2, 0.25) is 10.0 Å². The summed E-state index contributed by atoms with van der Waals surface area (Å²) in [6.45, 7) is 7.27. The molecule has 0 aromatic heterocycles. The molecule has 0 radical (unpaired) electrons. The maximum atomic E-state index is 12.0. The van der Waals surface area contributed by atoms with Crippen molar-refractivity contribution in [3.05, 3.63) is 23.8 Å². The summed E-state index contributed by atoms with van der Waals surface area (Å²) < 4.78 is 43.9. The first-order chi connectivity index (χ1) is 9.95. The molecule has 0 unspecified atom stereocenters. The second kappa shape index (κ2) is 6.89. The van der Waals surface area contributed by atoms with Crippen LogP contribution in [0, 0.1) is 0 Å². The third kappa shape index (κ3) is 5.19. The first-order valence-electron chi connectivity index (χ1n) is 6.61. The van der Waals surface area contributed by atoms with E-state index in [1.165, 1.54) is 13.2 Å². The van der Waals surface area contributed by atoms with Gasteiger partial charge in [0.05, 0.1) is 11.9 Å². The van der Waals surface area contributed by atoms with E-state index in [0.29, 0.717) is 17.7 Å². The maximum Gasteiger partial charge on any atom is 0.241 e. The van der Waals surface area contributed by atoms with Gasteiger partial charge in [-0.25, -0.2) is 17.8 Å². The number of benzene rings is 1. The van der Waals surface area contributed by atoms with Crippen molar-refractivity contribution in [2.75, 3.05) is 7.11 Å². The lowest BCUT2D eigenvalue weighted by atomic mass is 10.1. The van der Waals surface area contributed by atoms with Gasteiger partial charge < -0.3 is 4.74 Å². The Morgan fingerprint density at radius 1 is 1.36 bits per heavy atom. The summed E-state index contributed by atoms with van der Waals surface area (Å²) in [7, 11) is -3.85. The minimum absolute atomic E-state index is 0.0720. The molecule has 0 saturated carbocycles. The molecule has 22 heavy (non-hydrogen) atoms. The molecule has 8 heteroatoms. The van der Waals surface area contributed by atoms with Gasteiger partial charge in [-0.05, 0) is 45.4 Å². The Kier molecular flexibility index (Phi) is 5.89. The zero-order valence-electron chi connectivity index (χ0n) is 13.4. The van der Waals surface area contributed by atoms with Gasteiger partial charge >= 0.3 is 0 Å². The van der Waals surface area contributed by atoms with E-state index in [4.69, 9.17) is 9.88 Å². The van der Waals surface area contributed by atoms with Gasteiger partial charge in [-0.3, -0.25) is 0 Å². The fraction of sp³-hybridized carbons (Fsp3) is 0.500. The Morgan fingerprint density at radius 2 is 1.95 bits per heavy atom. The summed E-state index contributed by atoms with van der Waals surface area (Å²) in [5.41, 5.74) is 1.36. The van der Waals surface area contributed by atoms with Crippen LogP contribution in [0.1, 0.15) is 33.3 Å². The molecule has 0 aliphatic heterocycles. The van der Waals surface area contributed by atoms with E-state index in [9.17, 15) is 12.6 Å². The van der Waals surface area contributed by atoms with Crippen LogP contribution in [-0.2, 0) is 27.4 Å². The van der Waals surface area contributed by atoms with E-state index in [2.05, 4.69) is 4.40 Å². The predicted octanol–water partition coefficient (Wildman–Crippen LogP) is 1.81. The normalized spacial score (nSPS) is 14.7. The van der Waals surface area contributed by atoms with Crippen LogP contribution in [0.4, 0.5) is 0 Å². The summed E-state index contributed by atoms with van der Waals surface area (Å²) in [5, 5.41) is 5.18. The van der Waals surface area contributed by atoms with Gasteiger partial charge in [-0.1, -0.05) is 6.07 Å². The van der Waals surface area contributed by atoms with E-state index < -0.39 is 25.8 Å².